The Kier molecular flexibility index (Phi) is 10.2. The summed E-state index contributed by atoms with van der Waals surface area (Å²) >= 11 is 0. The Balaban J connectivity index is 0.000000397. The van der Waals surface area contributed by atoms with Gasteiger partial charge in [-0.05, 0) is 54.4 Å². The van der Waals surface area contributed by atoms with Gasteiger partial charge in [0.1, 0.15) is 18.1 Å². The Morgan fingerprint density at radius 3 is 1.86 bits per heavy atom. The van der Waals surface area contributed by atoms with Crippen LogP contribution in [0, 0.1) is 0 Å². The molecule has 3 rings (SSSR count). The molecule has 1 aliphatic carbocycles. The van der Waals surface area contributed by atoms with Crippen molar-refractivity contribution in [1.29, 1.82) is 0 Å². The number of nitrogens with one attached hydrogen (secondary N) is 1. The minimum Gasteiger partial charge on any atom is -0.508 e. The van der Waals surface area contributed by atoms with Crippen LogP contribution in [0.1, 0.15) is 63.0 Å². The molecule has 2 N–H and O–H groups in total. The van der Waals surface area contributed by atoms with Gasteiger partial charge < -0.3 is 15.2 Å². The van der Waals surface area contributed by atoms with E-state index < -0.39 is 0 Å². The lowest BCUT2D eigenvalue weighted by atomic mass is 9.97. The van der Waals surface area contributed by atoms with Gasteiger partial charge >= 0.3 is 0 Å². The second-order valence-electron chi connectivity index (χ2n) is 7.17. The molecule has 0 saturated heterocycles. The summed E-state index contributed by atoms with van der Waals surface area (Å²) in [7, 11) is 1.91. The van der Waals surface area contributed by atoms with E-state index in [2.05, 4.69) is 30.4 Å². The standard InChI is InChI=1S/C19H23NO2.C6H12/c1-3-4-19(15-5-9-17(21)10-6-15)16-7-11-18(12-8-16)22-14-13-20-2;1-2-4-6-5-3-1/h4-12,20-21H,3,13-14H2,1-2H3;1-6H2/b19-4+;. The van der Waals surface area contributed by atoms with Crippen molar-refractivity contribution in [2.24, 2.45) is 0 Å². The second kappa shape index (κ2) is 13.0. The first-order valence-electron chi connectivity index (χ1n) is 10.6. The average molecular weight is 382 g/mol. The molecule has 3 heteroatoms. The number of hydrogen-bond donors (Lipinski definition) is 2. The summed E-state index contributed by atoms with van der Waals surface area (Å²) in [4.78, 5) is 0. The molecule has 0 unspecified atom stereocenters. The summed E-state index contributed by atoms with van der Waals surface area (Å²) in [5.74, 6) is 1.16. The summed E-state index contributed by atoms with van der Waals surface area (Å²) in [5, 5.41) is 12.5. The molecule has 1 aliphatic rings. The van der Waals surface area contributed by atoms with Crippen LogP contribution in [0.4, 0.5) is 0 Å². The van der Waals surface area contributed by atoms with Gasteiger partial charge in [0, 0.05) is 6.54 Å². The summed E-state index contributed by atoms with van der Waals surface area (Å²) in [6, 6.07) is 15.4. The number of likely N-dealkylation sites (N-methyl/N-ethyl adjacent to an activating group) is 1. The molecule has 1 fully saturated rings. The lowest BCUT2D eigenvalue weighted by molar-refractivity contribution is 0.318. The third kappa shape index (κ3) is 7.77. The molecule has 2 aromatic carbocycles. The maximum absolute atomic E-state index is 9.44. The first kappa shape index (κ1) is 22.0. The zero-order chi connectivity index (χ0) is 20.0. The number of phenolic OH excluding ortho intramolecular Hbond substituents is 1. The number of phenols is 1. The highest BCUT2D eigenvalue weighted by Crippen LogP contribution is 2.27. The van der Waals surface area contributed by atoms with Crippen LogP contribution in [0.25, 0.3) is 5.57 Å². The second-order valence-corrected chi connectivity index (χ2v) is 7.17. The third-order valence-electron chi connectivity index (χ3n) is 4.87. The molecule has 1 saturated carbocycles. The molecule has 0 bridgehead atoms. The fourth-order valence-electron chi connectivity index (χ4n) is 3.31. The van der Waals surface area contributed by atoms with Crippen LogP contribution in [-0.4, -0.2) is 25.3 Å². The SMILES string of the molecule is C1CCCCC1.CC/C=C(\c1ccc(O)cc1)c1ccc(OCCNC)cc1. The maximum Gasteiger partial charge on any atom is 0.119 e. The van der Waals surface area contributed by atoms with Crippen molar-refractivity contribution in [3.8, 4) is 11.5 Å². The number of ether oxygens (including phenoxy) is 1. The molecule has 2 aromatic rings. The highest BCUT2D eigenvalue weighted by Gasteiger charge is 2.05. The first-order valence-corrected chi connectivity index (χ1v) is 10.6. The van der Waals surface area contributed by atoms with E-state index >= 15 is 0 Å². The minimum atomic E-state index is 0.285. The molecule has 0 aromatic heterocycles. The largest absolute Gasteiger partial charge is 0.508 e. The molecule has 152 valence electrons. The number of rotatable bonds is 7. The number of aromatic hydroxyl groups is 1. The van der Waals surface area contributed by atoms with Gasteiger partial charge in [0.2, 0.25) is 0 Å². The summed E-state index contributed by atoms with van der Waals surface area (Å²) in [6.45, 7) is 3.61. The van der Waals surface area contributed by atoms with Crippen LogP contribution in [0.2, 0.25) is 0 Å². The predicted octanol–water partition coefficient (Wildman–Crippen LogP) is 6.17. The van der Waals surface area contributed by atoms with E-state index in [4.69, 9.17) is 4.74 Å². The Morgan fingerprint density at radius 1 is 0.893 bits per heavy atom. The molecule has 0 amide bonds. The van der Waals surface area contributed by atoms with Gasteiger partial charge in [0.05, 0.1) is 0 Å². The Labute approximate surface area is 170 Å². The number of allylic oxidation sites excluding steroid dienone is 1. The Morgan fingerprint density at radius 2 is 1.39 bits per heavy atom. The topological polar surface area (TPSA) is 41.5 Å². The smallest absolute Gasteiger partial charge is 0.119 e. The van der Waals surface area contributed by atoms with Crippen molar-refractivity contribution >= 4 is 5.57 Å². The maximum atomic E-state index is 9.44. The molecule has 0 spiro atoms. The van der Waals surface area contributed by atoms with Crippen LogP contribution in [0.5, 0.6) is 11.5 Å². The fourth-order valence-corrected chi connectivity index (χ4v) is 3.31. The Bertz CT molecular complexity index is 674. The normalized spacial score (nSPS) is 14.1. The molecule has 0 radical (unpaired) electrons. The van der Waals surface area contributed by atoms with Gasteiger partial charge in [0.25, 0.3) is 0 Å². The molecule has 3 nitrogen and oxygen atoms in total. The fraction of sp³-hybridized carbons (Fsp3) is 0.440. The van der Waals surface area contributed by atoms with Crippen molar-refractivity contribution in [1.82, 2.24) is 5.32 Å². The van der Waals surface area contributed by atoms with Crippen molar-refractivity contribution in [2.45, 2.75) is 51.9 Å². The van der Waals surface area contributed by atoms with Crippen LogP contribution < -0.4 is 10.1 Å². The average Bonchev–Trinajstić information content (AvgIpc) is 2.75. The van der Waals surface area contributed by atoms with Crippen molar-refractivity contribution in [3.05, 3.63) is 65.7 Å². The first-order chi connectivity index (χ1) is 13.7. The van der Waals surface area contributed by atoms with E-state index in [1.54, 1.807) is 12.1 Å². The van der Waals surface area contributed by atoms with E-state index in [1.165, 1.54) is 44.1 Å². The van der Waals surface area contributed by atoms with E-state index in [0.29, 0.717) is 6.61 Å². The lowest BCUT2D eigenvalue weighted by Crippen LogP contribution is -2.15. The minimum absolute atomic E-state index is 0.285. The van der Waals surface area contributed by atoms with Gasteiger partial charge in [-0.2, -0.15) is 0 Å². The molecular weight excluding hydrogens is 346 g/mol. The van der Waals surface area contributed by atoms with Crippen molar-refractivity contribution in [2.75, 3.05) is 20.2 Å². The van der Waals surface area contributed by atoms with Gasteiger partial charge in [-0.1, -0.05) is 75.8 Å². The molecule has 0 aliphatic heterocycles. The van der Waals surface area contributed by atoms with Crippen LogP contribution in [0.15, 0.2) is 54.6 Å². The van der Waals surface area contributed by atoms with Crippen LogP contribution in [-0.2, 0) is 0 Å². The van der Waals surface area contributed by atoms with Crippen LogP contribution >= 0.6 is 0 Å². The van der Waals surface area contributed by atoms with E-state index in [-0.39, 0.29) is 5.75 Å². The molecular formula is C25H35NO2. The van der Waals surface area contributed by atoms with Gasteiger partial charge in [0.15, 0.2) is 0 Å². The van der Waals surface area contributed by atoms with E-state index in [0.717, 1.165) is 29.8 Å². The molecule has 0 atom stereocenters. The lowest BCUT2D eigenvalue weighted by Gasteiger charge is -2.11. The summed E-state index contributed by atoms with van der Waals surface area (Å²) < 4.78 is 5.65. The molecule has 0 heterocycles. The van der Waals surface area contributed by atoms with E-state index in [9.17, 15) is 5.11 Å². The van der Waals surface area contributed by atoms with Gasteiger partial charge in [-0.3, -0.25) is 0 Å². The van der Waals surface area contributed by atoms with Crippen LogP contribution in [0.3, 0.4) is 0 Å². The third-order valence-corrected chi connectivity index (χ3v) is 4.87. The van der Waals surface area contributed by atoms with Crippen molar-refractivity contribution < 1.29 is 9.84 Å². The zero-order valence-electron chi connectivity index (χ0n) is 17.4. The van der Waals surface area contributed by atoms with E-state index in [1.807, 2.05) is 31.3 Å². The van der Waals surface area contributed by atoms with Gasteiger partial charge in [-0.25, -0.2) is 0 Å². The summed E-state index contributed by atoms with van der Waals surface area (Å²) in [6.07, 6.45) is 12.2. The quantitative estimate of drug-likeness (QED) is 0.563. The predicted molar refractivity (Wildman–Crippen MR) is 119 cm³/mol. The highest BCUT2D eigenvalue weighted by molar-refractivity contribution is 5.80. The zero-order valence-corrected chi connectivity index (χ0v) is 17.4. The van der Waals surface area contributed by atoms with Crippen molar-refractivity contribution in [3.63, 3.8) is 0 Å². The molecule has 28 heavy (non-hydrogen) atoms. The monoisotopic (exact) mass is 381 g/mol. The number of hydrogen-bond acceptors (Lipinski definition) is 3. The summed E-state index contributed by atoms with van der Waals surface area (Å²) in [5.41, 5.74) is 3.42. The Hall–Kier alpha value is -2.26. The number of benzene rings is 2. The van der Waals surface area contributed by atoms with Gasteiger partial charge in [-0.15, -0.1) is 0 Å². The highest BCUT2D eigenvalue weighted by atomic mass is 16.5.